The van der Waals surface area contributed by atoms with E-state index in [2.05, 4.69) is 5.32 Å². The Labute approximate surface area is 111 Å². The van der Waals surface area contributed by atoms with E-state index in [0.29, 0.717) is 12.1 Å². The summed E-state index contributed by atoms with van der Waals surface area (Å²) < 4.78 is 18.4. The molecular formula is C15H16FNO2. The summed E-state index contributed by atoms with van der Waals surface area (Å²) in [5, 5.41) is 12.5. The van der Waals surface area contributed by atoms with Gasteiger partial charge >= 0.3 is 0 Å². The average Bonchev–Trinajstić information content (AvgIpc) is 2.35. The summed E-state index contributed by atoms with van der Waals surface area (Å²) in [6.07, 6.45) is 0. The summed E-state index contributed by atoms with van der Waals surface area (Å²) in [5.74, 6) is 0.201. The van der Waals surface area contributed by atoms with Crippen LogP contribution in [0.4, 0.5) is 10.1 Å². The third-order valence-electron chi connectivity index (χ3n) is 2.78. The van der Waals surface area contributed by atoms with Gasteiger partial charge in [-0.1, -0.05) is 6.07 Å². The smallest absolute Gasteiger partial charge is 0.141 e. The summed E-state index contributed by atoms with van der Waals surface area (Å²) in [5.41, 5.74) is 2.61. The number of hydrogen-bond acceptors (Lipinski definition) is 3. The zero-order valence-electron chi connectivity index (χ0n) is 10.9. The minimum Gasteiger partial charge on any atom is -0.508 e. The molecule has 0 amide bonds. The number of aryl methyl sites for hydroxylation is 1. The second kappa shape index (κ2) is 5.61. The maximum absolute atomic E-state index is 13.2. The Bertz CT molecular complexity index is 564. The molecule has 0 aromatic heterocycles. The second-order valence-corrected chi connectivity index (χ2v) is 4.37. The molecule has 0 saturated heterocycles. The maximum Gasteiger partial charge on any atom is 0.141 e. The predicted octanol–water partition coefficient (Wildman–Crippen LogP) is 3.46. The molecule has 4 heteroatoms. The zero-order valence-corrected chi connectivity index (χ0v) is 10.9. The highest BCUT2D eigenvalue weighted by molar-refractivity contribution is 5.58. The lowest BCUT2D eigenvalue weighted by Crippen LogP contribution is -2.02. The summed E-state index contributed by atoms with van der Waals surface area (Å²) in [6.45, 7) is 2.39. The van der Waals surface area contributed by atoms with Crippen LogP contribution in [0, 0.1) is 12.7 Å². The predicted molar refractivity (Wildman–Crippen MR) is 73.1 cm³/mol. The number of anilines is 1. The molecule has 0 heterocycles. The minimum atomic E-state index is -0.451. The first-order valence-corrected chi connectivity index (χ1v) is 5.95. The molecule has 0 fully saturated rings. The molecule has 100 valence electrons. The molecule has 2 rings (SSSR count). The Morgan fingerprint density at radius 1 is 1.21 bits per heavy atom. The third-order valence-corrected chi connectivity index (χ3v) is 2.78. The molecule has 0 radical (unpaired) electrons. The number of rotatable bonds is 4. The lowest BCUT2D eigenvalue weighted by molar-refractivity contribution is 0.416. The fourth-order valence-electron chi connectivity index (χ4n) is 1.89. The van der Waals surface area contributed by atoms with E-state index in [1.807, 2.05) is 25.1 Å². The van der Waals surface area contributed by atoms with Crippen molar-refractivity contribution in [1.82, 2.24) is 0 Å². The van der Waals surface area contributed by atoms with Crippen molar-refractivity contribution in [1.29, 1.82) is 0 Å². The largest absolute Gasteiger partial charge is 0.508 e. The van der Waals surface area contributed by atoms with Crippen molar-refractivity contribution < 1.29 is 14.2 Å². The minimum absolute atomic E-state index is 0.0759. The second-order valence-electron chi connectivity index (χ2n) is 4.37. The van der Waals surface area contributed by atoms with E-state index in [1.165, 1.54) is 12.1 Å². The number of hydrogen-bond donors (Lipinski definition) is 2. The molecule has 0 atom stereocenters. The van der Waals surface area contributed by atoms with Gasteiger partial charge in [0.15, 0.2) is 0 Å². The van der Waals surface area contributed by atoms with Crippen molar-refractivity contribution in [2.45, 2.75) is 13.5 Å². The van der Waals surface area contributed by atoms with Crippen LogP contribution in [0.1, 0.15) is 11.1 Å². The lowest BCUT2D eigenvalue weighted by Gasteiger charge is -2.12. The number of halogens is 1. The van der Waals surface area contributed by atoms with Crippen molar-refractivity contribution >= 4 is 5.69 Å². The van der Waals surface area contributed by atoms with Gasteiger partial charge in [0, 0.05) is 12.6 Å². The fourth-order valence-corrected chi connectivity index (χ4v) is 1.89. The van der Waals surface area contributed by atoms with E-state index in [9.17, 15) is 9.50 Å². The summed E-state index contributed by atoms with van der Waals surface area (Å²) in [6, 6.07) is 9.78. The molecule has 0 saturated carbocycles. The highest BCUT2D eigenvalue weighted by Crippen LogP contribution is 2.26. The Kier molecular flexibility index (Phi) is 3.90. The van der Waals surface area contributed by atoms with Gasteiger partial charge in [-0.05, 0) is 42.3 Å². The molecule has 0 aliphatic rings. The van der Waals surface area contributed by atoms with Crippen LogP contribution in [0.5, 0.6) is 11.5 Å². The molecule has 0 spiro atoms. The summed E-state index contributed by atoms with van der Waals surface area (Å²) in [7, 11) is 1.60. The molecule has 0 unspecified atom stereocenters. The molecule has 2 aromatic rings. The van der Waals surface area contributed by atoms with E-state index in [-0.39, 0.29) is 5.75 Å². The monoisotopic (exact) mass is 261 g/mol. The van der Waals surface area contributed by atoms with Gasteiger partial charge in [-0.15, -0.1) is 0 Å². The molecule has 0 aliphatic heterocycles. The molecule has 2 N–H and O–H groups in total. The standard InChI is InChI=1S/C15H16FNO2/c1-10-3-4-15(19-2)14(5-10)17-9-11-6-12(16)8-13(18)7-11/h3-8,17-18H,9H2,1-2H3. The molecule has 0 bridgehead atoms. The van der Waals surface area contributed by atoms with E-state index in [4.69, 9.17) is 4.74 Å². The van der Waals surface area contributed by atoms with E-state index < -0.39 is 5.82 Å². The maximum atomic E-state index is 13.2. The molecule has 3 nitrogen and oxygen atoms in total. The molecule has 19 heavy (non-hydrogen) atoms. The van der Waals surface area contributed by atoms with Crippen molar-refractivity contribution in [3.8, 4) is 11.5 Å². The Balaban J connectivity index is 2.16. The molecule has 2 aromatic carbocycles. The number of benzene rings is 2. The Morgan fingerprint density at radius 2 is 2.00 bits per heavy atom. The molecular weight excluding hydrogens is 245 g/mol. The van der Waals surface area contributed by atoms with Gasteiger partial charge in [0.1, 0.15) is 17.3 Å². The highest BCUT2D eigenvalue weighted by Gasteiger charge is 2.04. The van der Waals surface area contributed by atoms with Crippen LogP contribution in [0.3, 0.4) is 0 Å². The van der Waals surface area contributed by atoms with Crippen molar-refractivity contribution in [2.24, 2.45) is 0 Å². The average molecular weight is 261 g/mol. The number of phenols is 1. The molecule has 0 aliphatic carbocycles. The van der Waals surface area contributed by atoms with Gasteiger partial charge < -0.3 is 15.2 Å². The van der Waals surface area contributed by atoms with Crippen LogP contribution in [0.25, 0.3) is 0 Å². The number of aromatic hydroxyl groups is 1. The van der Waals surface area contributed by atoms with Gasteiger partial charge in [0.25, 0.3) is 0 Å². The van der Waals surface area contributed by atoms with Gasteiger partial charge in [-0.25, -0.2) is 4.39 Å². The van der Waals surface area contributed by atoms with Crippen molar-refractivity contribution in [3.63, 3.8) is 0 Å². The first kappa shape index (κ1) is 13.2. The number of ether oxygens (including phenoxy) is 1. The van der Waals surface area contributed by atoms with Crippen LogP contribution in [0.2, 0.25) is 0 Å². The lowest BCUT2D eigenvalue weighted by atomic mass is 10.1. The van der Waals surface area contributed by atoms with Crippen LogP contribution < -0.4 is 10.1 Å². The van der Waals surface area contributed by atoms with Gasteiger partial charge in [-0.3, -0.25) is 0 Å². The van der Waals surface area contributed by atoms with E-state index >= 15 is 0 Å². The van der Waals surface area contributed by atoms with Crippen LogP contribution in [-0.2, 0) is 6.54 Å². The summed E-state index contributed by atoms with van der Waals surface area (Å²) >= 11 is 0. The summed E-state index contributed by atoms with van der Waals surface area (Å²) in [4.78, 5) is 0. The Morgan fingerprint density at radius 3 is 2.68 bits per heavy atom. The van der Waals surface area contributed by atoms with Crippen molar-refractivity contribution in [3.05, 3.63) is 53.3 Å². The van der Waals surface area contributed by atoms with Gasteiger partial charge in [0.2, 0.25) is 0 Å². The van der Waals surface area contributed by atoms with E-state index in [0.717, 1.165) is 23.1 Å². The van der Waals surface area contributed by atoms with Crippen LogP contribution in [-0.4, -0.2) is 12.2 Å². The Hall–Kier alpha value is -2.23. The van der Waals surface area contributed by atoms with Crippen LogP contribution >= 0.6 is 0 Å². The fraction of sp³-hybridized carbons (Fsp3) is 0.200. The first-order valence-electron chi connectivity index (χ1n) is 5.95. The highest BCUT2D eigenvalue weighted by atomic mass is 19.1. The number of methoxy groups -OCH3 is 1. The van der Waals surface area contributed by atoms with Gasteiger partial charge in [-0.2, -0.15) is 0 Å². The van der Waals surface area contributed by atoms with Crippen LogP contribution in [0.15, 0.2) is 36.4 Å². The SMILES string of the molecule is COc1ccc(C)cc1NCc1cc(O)cc(F)c1. The third kappa shape index (κ3) is 3.37. The number of phenolic OH excluding ortho intramolecular Hbond substituents is 1. The normalized spacial score (nSPS) is 10.3. The van der Waals surface area contributed by atoms with Crippen molar-refractivity contribution in [2.75, 3.05) is 12.4 Å². The first-order chi connectivity index (χ1) is 9.08. The zero-order chi connectivity index (χ0) is 13.8. The topological polar surface area (TPSA) is 41.5 Å². The number of nitrogens with one attached hydrogen (secondary N) is 1. The van der Waals surface area contributed by atoms with Gasteiger partial charge in [0.05, 0.1) is 12.8 Å². The quantitative estimate of drug-likeness (QED) is 0.885. The van der Waals surface area contributed by atoms with E-state index in [1.54, 1.807) is 7.11 Å².